The van der Waals surface area contributed by atoms with Crippen LogP contribution in [-0.4, -0.2) is 42.3 Å². The average Bonchev–Trinajstić information content (AvgIpc) is 3.06. The minimum Gasteiger partial charge on any atom is -0.493 e. The molecule has 1 fully saturated rings. The lowest BCUT2D eigenvalue weighted by Crippen LogP contribution is -2.42. The molecule has 0 saturated carbocycles. The third kappa shape index (κ3) is 5.13. The molecule has 2 aromatic rings. The monoisotopic (exact) mass is 523 g/mol. The molecule has 1 aliphatic heterocycles. The van der Waals surface area contributed by atoms with Crippen molar-refractivity contribution in [3.8, 4) is 11.5 Å². The number of carbonyl (C=O) groups is 3. The van der Waals surface area contributed by atoms with Crippen LogP contribution in [0.2, 0.25) is 0 Å². The third-order valence-corrected chi connectivity index (χ3v) is 6.20. The Morgan fingerprint density at radius 1 is 1.19 bits per heavy atom. The van der Waals surface area contributed by atoms with Gasteiger partial charge < -0.3 is 14.2 Å². The Balaban J connectivity index is 1.83. The van der Waals surface area contributed by atoms with Crippen LogP contribution in [0.15, 0.2) is 45.8 Å². The highest BCUT2D eigenvalue weighted by molar-refractivity contribution is 9.10. The minimum absolute atomic E-state index is 0.161. The van der Waals surface area contributed by atoms with Crippen LogP contribution in [0.4, 0.5) is 9.18 Å². The highest BCUT2D eigenvalue weighted by atomic mass is 79.9. The maximum atomic E-state index is 13.1. The van der Waals surface area contributed by atoms with Gasteiger partial charge in [-0.15, -0.1) is 0 Å². The first-order valence-electron chi connectivity index (χ1n) is 9.34. The van der Waals surface area contributed by atoms with Gasteiger partial charge in [-0.1, -0.05) is 28.1 Å². The average molecular weight is 524 g/mol. The first kappa shape index (κ1) is 23.8. The second kappa shape index (κ2) is 10.2. The van der Waals surface area contributed by atoms with E-state index in [1.807, 2.05) is 0 Å². The molecular weight excluding hydrogens is 505 g/mol. The summed E-state index contributed by atoms with van der Waals surface area (Å²) in [5.74, 6) is -0.750. The summed E-state index contributed by atoms with van der Waals surface area (Å²) in [4.78, 5) is 37.8. The zero-order valence-electron chi connectivity index (χ0n) is 17.4. The molecule has 0 N–H and O–H groups in total. The van der Waals surface area contributed by atoms with E-state index in [2.05, 4.69) is 20.7 Å². The van der Waals surface area contributed by atoms with E-state index in [0.717, 1.165) is 22.2 Å². The van der Waals surface area contributed by atoms with Gasteiger partial charge in [0.2, 0.25) is 0 Å². The fraction of sp³-hybridized carbons (Fsp3) is 0.227. The quantitative estimate of drug-likeness (QED) is 0.381. The van der Waals surface area contributed by atoms with E-state index in [0.29, 0.717) is 21.5 Å². The van der Waals surface area contributed by atoms with E-state index in [1.165, 1.54) is 39.4 Å². The maximum absolute atomic E-state index is 13.1. The summed E-state index contributed by atoms with van der Waals surface area (Å²) >= 11 is 4.18. The van der Waals surface area contributed by atoms with Crippen molar-refractivity contribution < 1.29 is 33.0 Å². The second-order valence-corrected chi connectivity index (χ2v) is 8.54. The SMILES string of the molecule is COC(=O)[C@H](C)N1C(=O)S/C(=C/c2cc(OC)c(OCc3ccc(F)cc3)cc2Br)C1=O. The van der Waals surface area contributed by atoms with Crippen molar-refractivity contribution in [1.82, 2.24) is 4.90 Å². The predicted octanol–water partition coefficient (Wildman–Crippen LogP) is 4.77. The predicted molar refractivity (Wildman–Crippen MR) is 121 cm³/mol. The molecule has 0 aliphatic carbocycles. The molecule has 168 valence electrons. The summed E-state index contributed by atoms with van der Waals surface area (Å²) in [6.07, 6.45) is 1.53. The van der Waals surface area contributed by atoms with Crippen molar-refractivity contribution >= 4 is 50.9 Å². The van der Waals surface area contributed by atoms with Crippen molar-refractivity contribution in [3.63, 3.8) is 0 Å². The Morgan fingerprint density at radius 3 is 2.50 bits per heavy atom. The van der Waals surface area contributed by atoms with Crippen molar-refractivity contribution in [2.45, 2.75) is 19.6 Å². The highest BCUT2D eigenvalue weighted by Crippen LogP contribution is 2.38. The Bertz CT molecular complexity index is 1090. The Kier molecular flexibility index (Phi) is 7.57. The first-order valence-corrected chi connectivity index (χ1v) is 11.0. The van der Waals surface area contributed by atoms with Crippen molar-refractivity contribution in [2.75, 3.05) is 14.2 Å². The summed E-state index contributed by atoms with van der Waals surface area (Å²) in [6, 6.07) is 8.25. The molecule has 3 rings (SSSR count). The van der Waals surface area contributed by atoms with Gasteiger partial charge in [-0.05, 0) is 60.2 Å². The molecular formula is C22H19BrFNO6S. The number of thioether (sulfide) groups is 1. The highest BCUT2D eigenvalue weighted by Gasteiger charge is 2.41. The smallest absolute Gasteiger partial charge is 0.328 e. The third-order valence-electron chi connectivity index (χ3n) is 4.63. The van der Waals surface area contributed by atoms with Crippen molar-refractivity contribution in [1.29, 1.82) is 0 Å². The van der Waals surface area contributed by atoms with Crippen molar-refractivity contribution in [2.24, 2.45) is 0 Å². The molecule has 0 spiro atoms. The normalized spacial score (nSPS) is 15.8. The number of esters is 1. The summed E-state index contributed by atoms with van der Waals surface area (Å²) in [6.45, 7) is 1.63. The Labute approximate surface area is 196 Å². The fourth-order valence-electron chi connectivity index (χ4n) is 2.91. The maximum Gasteiger partial charge on any atom is 0.328 e. The van der Waals surface area contributed by atoms with Crippen LogP contribution in [0.25, 0.3) is 6.08 Å². The molecule has 1 atom stereocenters. The molecule has 0 radical (unpaired) electrons. The number of halogens is 2. The summed E-state index contributed by atoms with van der Waals surface area (Å²) < 4.78 is 29.5. The molecule has 32 heavy (non-hydrogen) atoms. The number of nitrogens with zero attached hydrogens (tertiary/aromatic N) is 1. The van der Waals surface area contributed by atoms with E-state index >= 15 is 0 Å². The molecule has 10 heteroatoms. The molecule has 1 heterocycles. The van der Waals surface area contributed by atoms with Gasteiger partial charge in [-0.3, -0.25) is 14.5 Å². The topological polar surface area (TPSA) is 82.1 Å². The Hall–Kier alpha value is -2.85. The van der Waals surface area contributed by atoms with Gasteiger partial charge in [-0.25, -0.2) is 9.18 Å². The molecule has 0 aromatic heterocycles. The van der Waals surface area contributed by atoms with Gasteiger partial charge in [0.05, 0.1) is 19.1 Å². The zero-order chi connectivity index (χ0) is 23.4. The fourth-order valence-corrected chi connectivity index (χ4v) is 4.24. The van der Waals surface area contributed by atoms with Crippen molar-refractivity contribution in [3.05, 3.63) is 62.7 Å². The van der Waals surface area contributed by atoms with Gasteiger partial charge in [0.15, 0.2) is 11.5 Å². The van der Waals surface area contributed by atoms with Crippen LogP contribution in [-0.2, 0) is 20.9 Å². The molecule has 0 unspecified atom stereocenters. The van der Waals surface area contributed by atoms with Crippen LogP contribution in [0, 0.1) is 5.82 Å². The second-order valence-electron chi connectivity index (χ2n) is 6.69. The largest absolute Gasteiger partial charge is 0.493 e. The van der Waals surface area contributed by atoms with E-state index in [4.69, 9.17) is 9.47 Å². The van der Waals surface area contributed by atoms with E-state index in [-0.39, 0.29) is 17.3 Å². The number of methoxy groups -OCH3 is 2. The lowest BCUT2D eigenvalue weighted by molar-refractivity contribution is -0.148. The lowest BCUT2D eigenvalue weighted by Gasteiger charge is -2.18. The zero-order valence-corrected chi connectivity index (χ0v) is 19.8. The summed E-state index contributed by atoms with van der Waals surface area (Å²) in [5, 5.41) is -0.554. The van der Waals surface area contributed by atoms with E-state index in [9.17, 15) is 18.8 Å². The molecule has 1 saturated heterocycles. The van der Waals surface area contributed by atoms with Crippen LogP contribution in [0.3, 0.4) is 0 Å². The molecule has 7 nitrogen and oxygen atoms in total. The number of ether oxygens (including phenoxy) is 3. The molecule has 2 amide bonds. The van der Waals surface area contributed by atoms with E-state index < -0.39 is 23.2 Å². The number of carbonyl (C=O) groups excluding carboxylic acids is 3. The van der Waals surface area contributed by atoms with Crippen LogP contribution >= 0.6 is 27.7 Å². The number of hydrogen-bond acceptors (Lipinski definition) is 7. The first-order chi connectivity index (χ1) is 15.2. The summed E-state index contributed by atoms with van der Waals surface area (Å²) in [5.41, 5.74) is 1.36. The van der Waals surface area contributed by atoms with Gasteiger partial charge in [0.1, 0.15) is 18.5 Å². The van der Waals surface area contributed by atoms with Crippen LogP contribution in [0.1, 0.15) is 18.1 Å². The minimum atomic E-state index is -1.03. The number of amides is 2. The number of imide groups is 1. The van der Waals surface area contributed by atoms with Gasteiger partial charge in [0.25, 0.3) is 11.1 Å². The van der Waals surface area contributed by atoms with Crippen LogP contribution in [0.5, 0.6) is 11.5 Å². The van der Waals surface area contributed by atoms with E-state index in [1.54, 1.807) is 24.3 Å². The number of rotatable bonds is 7. The number of benzene rings is 2. The standard InChI is InChI=1S/C22H19BrFNO6S/c1-12(21(27)30-3)25-20(26)19(32-22(25)28)9-14-8-17(29-2)18(10-16(14)23)31-11-13-4-6-15(24)7-5-13/h4-10,12H,11H2,1-3H3/b19-9+/t12-/m0/s1. The molecule has 2 aromatic carbocycles. The lowest BCUT2D eigenvalue weighted by atomic mass is 10.1. The van der Waals surface area contributed by atoms with Gasteiger partial charge >= 0.3 is 5.97 Å². The molecule has 1 aliphatic rings. The van der Waals surface area contributed by atoms with Gasteiger partial charge in [0, 0.05) is 4.47 Å². The molecule has 0 bridgehead atoms. The summed E-state index contributed by atoms with van der Waals surface area (Å²) in [7, 11) is 2.67. The van der Waals surface area contributed by atoms with Gasteiger partial charge in [-0.2, -0.15) is 0 Å². The Morgan fingerprint density at radius 2 is 1.88 bits per heavy atom. The number of hydrogen-bond donors (Lipinski definition) is 0. The van der Waals surface area contributed by atoms with Crippen LogP contribution < -0.4 is 9.47 Å².